The van der Waals surface area contributed by atoms with Crippen molar-refractivity contribution < 1.29 is 9.47 Å². The van der Waals surface area contributed by atoms with Gasteiger partial charge in [0, 0.05) is 36.9 Å². The molecule has 1 aromatic rings. The SMILES string of the molecule is CC1(C)Oc2cc(Cl)c(C3(CN)CC3)cc2O1. The first kappa shape index (κ1) is 11.2. The van der Waals surface area contributed by atoms with Crippen LogP contribution >= 0.6 is 11.6 Å². The van der Waals surface area contributed by atoms with Gasteiger partial charge >= 0.3 is 0 Å². The van der Waals surface area contributed by atoms with Crippen LogP contribution in [0.15, 0.2) is 12.1 Å². The number of benzene rings is 1. The Hall–Kier alpha value is -0.930. The second kappa shape index (κ2) is 3.30. The van der Waals surface area contributed by atoms with Crippen molar-refractivity contribution in [1.82, 2.24) is 0 Å². The van der Waals surface area contributed by atoms with E-state index in [4.69, 9.17) is 26.8 Å². The van der Waals surface area contributed by atoms with Crippen molar-refractivity contribution in [3.63, 3.8) is 0 Å². The molecule has 2 aliphatic rings. The van der Waals surface area contributed by atoms with Gasteiger partial charge in [-0.1, -0.05) is 11.6 Å². The van der Waals surface area contributed by atoms with Gasteiger partial charge in [0.05, 0.1) is 0 Å². The Morgan fingerprint density at radius 2 is 1.82 bits per heavy atom. The molecular formula is C13H16ClNO2. The summed E-state index contributed by atoms with van der Waals surface area (Å²) in [6.45, 7) is 4.41. The molecule has 4 heteroatoms. The van der Waals surface area contributed by atoms with Crippen molar-refractivity contribution >= 4 is 11.6 Å². The van der Waals surface area contributed by atoms with E-state index in [1.54, 1.807) is 0 Å². The van der Waals surface area contributed by atoms with Crippen LogP contribution in [-0.2, 0) is 5.41 Å². The zero-order valence-electron chi connectivity index (χ0n) is 10.0. The van der Waals surface area contributed by atoms with E-state index in [0.717, 1.165) is 34.9 Å². The summed E-state index contributed by atoms with van der Waals surface area (Å²) in [5.41, 5.74) is 7.01. The number of ether oxygens (including phenoxy) is 2. The van der Waals surface area contributed by atoms with Gasteiger partial charge in [-0.05, 0) is 24.5 Å². The topological polar surface area (TPSA) is 44.5 Å². The normalized spacial score (nSPS) is 22.6. The molecule has 0 unspecified atom stereocenters. The summed E-state index contributed by atoms with van der Waals surface area (Å²) in [6, 6.07) is 3.84. The highest BCUT2D eigenvalue weighted by Crippen LogP contribution is 2.53. The lowest BCUT2D eigenvalue weighted by atomic mass is 9.95. The maximum Gasteiger partial charge on any atom is 0.246 e. The quantitative estimate of drug-likeness (QED) is 0.882. The van der Waals surface area contributed by atoms with Crippen molar-refractivity contribution in [2.24, 2.45) is 5.73 Å². The van der Waals surface area contributed by atoms with E-state index < -0.39 is 5.79 Å². The van der Waals surface area contributed by atoms with Gasteiger partial charge in [0.15, 0.2) is 11.5 Å². The predicted octanol–water partition coefficient (Wildman–Crippen LogP) is 2.84. The summed E-state index contributed by atoms with van der Waals surface area (Å²) in [5.74, 6) is 0.884. The van der Waals surface area contributed by atoms with Crippen molar-refractivity contribution in [3.8, 4) is 11.5 Å². The molecule has 0 radical (unpaired) electrons. The fourth-order valence-corrected chi connectivity index (χ4v) is 2.74. The first-order valence-corrected chi connectivity index (χ1v) is 6.26. The van der Waals surface area contributed by atoms with Crippen LogP contribution in [0.4, 0.5) is 0 Å². The number of nitrogens with two attached hydrogens (primary N) is 1. The first-order valence-electron chi connectivity index (χ1n) is 5.88. The Bertz CT molecular complexity index is 481. The highest BCUT2D eigenvalue weighted by Gasteiger charge is 2.45. The lowest BCUT2D eigenvalue weighted by molar-refractivity contribution is -0.0431. The van der Waals surface area contributed by atoms with Gasteiger partial charge in [0.1, 0.15) is 0 Å². The molecular weight excluding hydrogens is 238 g/mol. The molecule has 3 nitrogen and oxygen atoms in total. The molecule has 92 valence electrons. The van der Waals surface area contributed by atoms with Gasteiger partial charge in [0.2, 0.25) is 5.79 Å². The Morgan fingerprint density at radius 1 is 1.24 bits per heavy atom. The Labute approximate surface area is 106 Å². The molecule has 1 aromatic carbocycles. The average Bonchev–Trinajstić information content (AvgIpc) is 2.96. The van der Waals surface area contributed by atoms with E-state index in [9.17, 15) is 0 Å². The molecule has 0 aromatic heterocycles. The largest absolute Gasteiger partial charge is 0.449 e. The second-order valence-corrected chi connectivity index (χ2v) is 5.77. The number of rotatable bonds is 2. The van der Waals surface area contributed by atoms with Crippen molar-refractivity contribution in [2.75, 3.05) is 6.54 Å². The third-order valence-corrected chi connectivity index (χ3v) is 3.87. The van der Waals surface area contributed by atoms with Crippen LogP contribution in [0.2, 0.25) is 5.02 Å². The van der Waals surface area contributed by atoms with Gasteiger partial charge in [-0.25, -0.2) is 0 Å². The van der Waals surface area contributed by atoms with E-state index in [0.29, 0.717) is 6.54 Å². The molecule has 2 N–H and O–H groups in total. The summed E-state index contributed by atoms with van der Waals surface area (Å²) in [5, 5.41) is 0.730. The Balaban J connectivity index is 2.05. The van der Waals surface area contributed by atoms with Crippen LogP contribution in [0.3, 0.4) is 0 Å². The van der Waals surface area contributed by atoms with Crippen LogP contribution in [0.25, 0.3) is 0 Å². The summed E-state index contributed by atoms with van der Waals surface area (Å²) in [4.78, 5) is 0. The molecule has 1 aliphatic heterocycles. The highest BCUT2D eigenvalue weighted by atomic mass is 35.5. The molecule has 0 spiro atoms. The maximum atomic E-state index is 6.31. The standard InChI is InChI=1S/C13H16ClNO2/c1-12(2)16-10-5-8(13(7-15)3-4-13)9(14)6-11(10)17-12/h5-6H,3-4,7,15H2,1-2H3. The molecule has 17 heavy (non-hydrogen) atoms. The van der Waals surface area contributed by atoms with Gasteiger partial charge < -0.3 is 15.2 Å². The van der Waals surface area contributed by atoms with E-state index in [1.807, 2.05) is 26.0 Å². The highest BCUT2D eigenvalue weighted by molar-refractivity contribution is 6.31. The average molecular weight is 254 g/mol. The minimum absolute atomic E-state index is 0.0716. The predicted molar refractivity (Wildman–Crippen MR) is 66.8 cm³/mol. The van der Waals surface area contributed by atoms with Crippen molar-refractivity contribution in [3.05, 3.63) is 22.7 Å². The molecule has 0 atom stereocenters. The summed E-state index contributed by atoms with van der Waals surface area (Å²) in [7, 11) is 0. The van der Waals surface area contributed by atoms with Crippen LogP contribution < -0.4 is 15.2 Å². The number of fused-ring (bicyclic) bond motifs is 1. The van der Waals surface area contributed by atoms with E-state index >= 15 is 0 Å². The van der Waals surface area contributed by atoms with Gasteiger partial charge in [0.25, 0.3) is 0 Å². The molecule has 1 heterocycles. The van der Waals surface area contributed by atoms with Gasteiger partial charge in [-0.2, -0.15) is 0 Å². The first-order chi connectivity index (χ1) is 7.96. The minimum Gasteiger partial charge on any atom is -0.449 e. The number of hydrogen-bond acceptors (Lipinski definition) is 3. The zero-order valence-corrected chi connectivity index (χ0v) is 10.8. The molecule has 0 saturated heterocycles. The number of halogens is 1. The number of hydrogen-bond donors (Lipinski definition) is 1. The van der Waals surface area contributed by atoms with Crippen LogP contribution in [0.1, 0.15) is 32.3 Å². The van der Waals surface area contributed by atoms with Crippen molar-refractivity contribution in [2.45, 2.75) is 37.9 Å². The van der Waals surface area contributed by atoms with E-state index in [-0.39, 0.29) is 5.41 Å². The third kappa shape index (κ3) is 1.69. The van der Waals surface area contributed by atoms with E-state index in [2.05, 4.69) is 0 Å². The monoisotopic (exact) mass is 253 g/mol. The molecule has 0 amide bonds. The minimum atomic E-state index is -0.607. The fraction of sp³-hybridized carbons (Fsp3) is 0.538. The smallest absolute Gasteiger partial charge is 0.246 e. The molecule has 1 saturated carbocycles. The second-order valence-electron chi connectivity index (χ2n) is 5.37. The summed E-state index contributed by atoms with van der Waals surface area (Å²) >= 11 is 6.31. The lowest BCUT2D eigenvalue weighted by Crippen LogP contribution is -2.29. The molecule has 3 rings (SSSR count). The lowest BCUT2D eigenvalue weighted by Gasteiger charge is -2.16. The summed E-state index contributed by atoms with van der Waals surface area (Å²) < 4.78 is 11.4. The molecule has 0 bridgehead atoms. The van der Waals surface area contributed by atoms with Crippen LogP contribution in [0, 0.1) is 0 Å². The molecule has 1 fully saturated rings. The van der Waals surface area contributed by atoms with Crippen molar-refractivity contribution in [1.29, 1.82) is 0 Å². The Kier molecular flexibility index (Phi) is 2.17. The Morgan fingerprint density at radius 3 is 2.35 bits per heavy atom. The van der Waals surface area contributed by atoms with E-state index in [1.165, 1.54) is 0 Å². The molecule has 1 aliphatic carbocycles. The van der Waals surface area contributed by atoms with Gasteiger partial charge in [-0.3, -0.25) is 0 Å². The maximum absolute atomic E-state index is 6.31. The fourth-order valence-electron chi connectivity index (χ4n) is 2.39. The van der Waals surface area contributed by atoms with Gasteiger partial charge in [-0.15, -0.1) is 0 Å². The van der Waals surface area contributed by atoms with Crippen LogP contribution in [0.5, 0.6) is 11.5 Å². The zero-order chi connectivity index (χ0) is 12.3. The van der Waals surface area contributed by atoms with Crippen LogP contribution in [-0.4, -0.2) is 12.3 Å². The summed E-state index contributed by atoms with van der Waals surface area (Å²) in [6.07, 6.45) is 2.21. The third-order valence-electron chi connectivity index (χ3n) is 3.56.